The van der Waals surface area contributed by atoms with Gasteiger partial charge in [-0.2, -0.15) is 0 Å². The molecule has 0 bridgehead atoms. The molecule has 0 aliphatic rings. The Morgan fingerprint density at radius 1 is 0.569 bits per heavy atom. The number of aliphatic carboxylic acids is 1. The molecule has 1 amide bonds. The Balaban J connectivity index is 4.30. The second kappa shape index (κ2) is 38.9. The predicted octanol–water partition coefficient (Wildman–Crippen LogP) is 13.1. The highest BCUT2D eigenvalue weighted by Gasteiger charge is 2.14. The second-order valence-corrected chi connectivity index (χ2v) is 14.9. The summed E-state index contributed by atoms with van der Waals surface area (Å²) >= 11 is 0. The van der Waals surface area contributed by atoms with Crippen LogP contribution in [0.5, 0.6) is 0 Å². The second-order valence-electron chi connectivity index (χ2n) is 14.9. The summed E-state index contributed by atoms with van der Waals surface area (Å²) in [6.45, 7) is 6.62. The summed E-state index contributed by atoms with van der Waals surface area (Å²) in [4.78, 5) is 35.3. The SMILES string of the molecule is CCCCC/C=C\C/C=C\CCCCCCCCC(CCCCCCCCC(C)C/C=C\CCCCC)NC(=O)COC(=O)CCCCC(=O)O. The quantitative estimate of drug-likeness (QED) is 0.0377. The van der Waals surface area contributed by atoms with Crippen molar-refractivity contribution < 1.29 is 24.2 Å². The van der Waals surface area contributed by atoms with Crippen LogP contribution in [0.4, 0.5) is 0 Å². The molecule has 0 fully saturated rings. The zero-order valence-corrected chi connectivity index (χ0v) is 33.6. The summed E-state index contributed by atoms with van der Waals surface area (Å²) in [5.74, 6) is -0.767. The largest absolute Gasteiger partial charge is 0.481 e. The Morgan fingerprint density at radius 2 is 1.04 bits per heavy atom. The van der Waals surface area contributed by atoms with Gasteiger partial charge in [-0.3, -0.25) is 14.4 Å². The number of amides is 1. The molecule has 0 radical (unpaired) electrons. The van der Waals surface area contributed by atoms with Gasteiger partial charge in [0, 0.05) is 18.9 Å². The maximum Gasteiger partial charge on any atom is 0.306 e. The van der Waals surface area contributed by atoms with E-state index in [0.29, 0.717) is 12.8 Å². The maximum absolute atomic E-state index is 12.7. The number of hydrogen-bond acceptors (Lipinski definition) is 4. The molecule has 0 saturated heterocycles. The van der Waals surface area contributed by atoms with E-state index >= 15 is 0 Å². The summed E-state index contributed by atoms with van der Waals surface area (Å²) < 4.78 is 5.18. The summed E-state index contributed by atoms with van der Waals surface area (Å²) in [5.41, 5.74) is 0. The van der Waals surface area contributed by atoms with E-state index in [1.165, 1.54) is 135 Å². The molecule has 0 spiro atoms. The van der Waals surface area contributed by atoms with Crippen LogP contribution in [-0.4, -0.2) is 35.6 Å². The van der Waals surface area contributed by atoms with Gasteiger partial charge in [-0.25, -0.2) is 0 Å². The smallest absolute Gasteiger partial charge is 0.306 e. The van der Waals surface area contributed by atoms with E-state index in [-0.39, 0.29) is 31.4 Å². The number of nitrogens with one attached hydrogen (secondary N) is 1. The molecular formula is C45H81NO5. The lowest BCUT2D eigenvalue weighted by atomic mass is 9.97. The average Bonchev–Trinajstić information content (AvgIpc) is 3.11. The van der Waals surface area contributed by atoms with Gasteiger partial charge >= 0.3 is 11.9 Å². The first-order chi connectivity index (χ1) is 24.9. The van der Waals surface area contributed by atoms with Gasteiger partial charge in [-0.05, 0) is 83.0 Å². The highest BCUT2D eigenvalue weighted by atomic mass is 16.5. The standard InChI is InChI=1S/C45H81NO5/c1-4-6-8-10-12-13-14-15-16-17-18-19-20-21-26-30-36-42(46-43(47)40-51-45(50)39-33-32-38-44(48)49)37-31-27-23-22-25-29-35-41(3)34-28-24-11-9-7-5-2/h12-13,15-16,24,28,41-42H,4-11,14,17-23,25-27,29-40H2,1-3H3,(H,46,47)(H,48,49)/b13-12-,16-15-,28-24-. The van der Waals surface area contributed by atoms with Crippen LogP contribution >= 0.6 is 0 Å². The summed E-state index contributed by atoms with van der Waals surface area (Å²) in [5, 5.41) is 11.9. The Hall–Kier alpha value is -2.37. The first kappa shape index (κ1) is 48.6. The molecule has 51 heavy (non-hydrogen) atoms. The predicted molar refractivity (Wildman–Crippen MR) is 217 cm³/mol. The van der Waals surface area contributed by atoms with Crippen molar-refractivity contribution in [2.75, 3.05) is 6.61 Å². The average molecular weight is 716 g/mol. The molecule has 0 aliphatic carbocycles. The molecule has 6 nitrogen and oxygen atoms in total. The molecular weight excluding hydrogens is 634 g/mol. The maximum atomic E-state index is 12.7. The zero-order chi connectivity index (χ0) is 37.5. The number of ether oxygens (including phenoxy) is 1. The van der Waals surface area contributed by atoms with Gasteiger partial charge in [-0.1, -0.05) is 160 Å². The molecule has 0 aliphatic heterocycles. The van der Waals surface area contributed by atoms with E-state index in [1.54, 1.807) is 0 Å². The number of allylic oxidation sites excluding steroid dienone is 6. The highest BCUT2D eigenvalue weighted by molar-refractivity contribution is 5.80. The topological polar surface area (TPSA) is 92.7 Å². The van der Waals surface area contributed by atoms with Crippen molar-refractivity contribution in [2.24, 2.45) is 5.92 Å². The number of hydrogen-bond donors (Lipinski definition) is 2. The molecule has 0 rings (SSSR count). The van der Waals surface area contributed by atoms with Gasteiger partial charge in [0.1, 0.15) is 0 Å². The van der Waals surface area contributed by atoms with E-state index in [2.05, 4.69) is 62.5 Å². The van der Waals surface area contributed by atoms with Crippen LogP contribution in [-0.2, 0) is 19.1 Å². The number of carboxylic acid groups (broad SMARTS) is 1. The molecule has 0 saturated carbocycles. The monoisotopic (exact) mass is 716 g/mol. The van der Waals surface area contributed by atoms with Gasteiger partial charge < -0.3 is 15.2 Å². The third-order valence-electron chi connectivity index (χ3n) is 9.68. The zero-order valence-electron chi connectivity index (χ0n) is 33.6. The fourth-order valence-corrected chi connectivity index (χ4v) is 6.37. The third kappa shape index (κ3) is 38.7. The van der Waals surface area contributed by atoms with Gasteiger partial charge in [-0.15, -0.1) is 0 Å². The normalized spacial score (nSPS) is 13.0. The van der Waals surface area contributed by atoms with Crippen LogP contribution in [0, 0.1) is 5.92 Å². The van der Waals surface area contributed by atoms with Crippen LogP contribution in [0.1, 0.15) is 213 Å². The molecule has 0 aromatic carbocycles. The van der Waals surface area contributed by atoms with Gasteiger partial charge in [0.15, 0.2) is 6.61 Å². The number of esters is 1. The van der Waals surface area contributed by atoms with Crippen molar-refractivity contribution >= 4 is 17.8 Å². The Morgan fingerprint density at radius 3 is 1.59 bits per heavy atom. The molecule has 0 aromatic rings. The van der Waals surface area contributed by atoms with Crippen LogP contribution in [0.25, 0.3) is 0 Å². The van der Waals surface area contributed by atoms with Crippen molar-refractivity contribution in [3.8, 4) is 0 Å². The van der Waals surface area contributed by atoms with E-state index in [4.69, 9.17) is 9.84 Å². The summed E-state index contributed by atoms with van der Waals surface area (Å²) in [6, 6.07) is 0.119. The molecule has 2 unspecified atom stereocenters. The van der Waals surface area contributed by atoms with Crippen molar-refractivity contribution in [1.29, 1.82) is 0 Å². The number of carbonyl (C=O) groups excluding carboxylic acids is 2. The Bertz CT molecular complexity index is 895. The molecule has 2 atom stereocenters. The number of rotatable bonds is 38. The third-order valence-corrected chi connectivity index (χ3v) is 9.68. The fourth-order valence-electron chi connectivity index (χ4n) is 6.37. The van der Waals surface area contributed by atoms with E-state index < -0.39 is 11.9 Å². The fraction of sp³-hybridized carbons (Fsp3) is 0.800. The minimum absolute atomic E-state index is 0.0421. The molecule has 296 valence electrons. The molecule has 0 heterocycles. The van der Waals surface area contributed by atoms with Crippen molar-refractivity contribution in [2.45, 2.75) is 219 Å². The van der Waals surface area contributed by atoms with Crippen molar-refractivity contribution in [3.05, 3.63) is 36.5 Å². The van der Waals surface area contributed by atoms with Crippen LogP contribution in [0.2, 0.25) is 0 Å². The van der Waals surface area contributed by atoms with Gasteiger partial charge in [0.05, 0.1) is 0 Å². The first-order valence-electron chi connectivity index (χ1n) is 21.5. The number of carbonyl (C=O) groups is 3. The van der Waals surface area contributed by atoms with Crippen molar-refractivity contribution in [1.82, 2.24) is 5.32 Å². The highest BCUT2D eigenvalue weighted by Crippen LogP contribution is 2.18. The summed E-state index contributed by atoms with van der Waals surface area (Å²) in [7, 11) is 0. The number of carboxylic acids is 1. The van der Waals surface area contributed by atoms with Gasteiger partial charge in [0.25, 0.3) is 5.91 Å². The van der Waals surface area contributed by atoms with Crippen LogP contribution in [0.3, 0.4) is 0 Å². The first-order valence-corrected chi connectivity index (χ1v) is 21.5. The Kier molecular flexibility index (Phi) is 37.0. The van der Waals surface area contributed by atoms with Crippen LogP contribution < -0.4 is 5.32 Å². The van der Waals surface area contributed by atoms with E-state index in [9.17, 15) is 14.4 Å². The van der Waals surface area contributed by atoms with Gasteiger partial charge in [0.2, 0.25) is 0 Å². The molecule has 6 heteroatoms. The summed E-state index contributed by atoms with van der Waals surface area (Å²) in [6.07, 6.45) is 46.8. The molecule has 2 N–H and O–H groups in total. The minimum atomic E-state index is -0.866. The lowest BCUT2D eigenvalue weighted by Crippen LogP contribution is -2.37. The van der Waals surface area contributed by atoms with Crippen molar-refractivity contribution in [3.63, 3.8) is 0 Å². The van der Waals surface area contributed by atoms with E-state index in [1.807, 2.05) is 0 Å². The van der Waals surface area contributed by atoms with Crippen LogP contribution in [0.15, 0.2) is 36.5 Å². The minimum Gasteiger partial charge on any atom is -0.481 e. The number of unbranched alkanes of at least 4 members (excludes halogenated alkanes) is 18. The lowest BCUT2D eigenvalue weighted by Gasteiger charge is -2.19. The molecule has 0 aromatic heterocycles. The van der Waals surface area contributed by atoms with E-state index in [0.717, 1.165) is 38.0 Å². The Labute approximate surface area is 315 Å². The lowest BCUT2D eigenvalue weighted by molar-refractivity contribution is -0.149.